The number of carbonyl (C=O) groups is 1. The molecule has 6 nitrogen and oxygen atoms in total. The number of fused-ring (bicyclic) bond motifs is 2. The van der Waals surface area contributed by atoms with Crippen LogP contribution in [0.5, 0.6) is 0 Å². The SMILES string of the molecule is N#Cc1ccc(CNC(=O)CN2C[C@H]3CN(CCc4ccccc4F)C[C@@H](C2)O3)c(F)c1. The first-order chi connectivity index (χ1) is 15.5. The summed E-state index contributed by atoms with van der Waals surface area (Å²) in [7, 11) is 0. The molecule has 2 aromatic carbocycles. The Labute approximate surface area is 186 Å². The van der Waals surface area contributed by atoms with E-state index in [1.165, 1.54) is 24.3 Å². The number of benzene rings is 2. The predicted octanol–water partition coefficient (Wildman–Crippen LogP) is 2.08. The Hall–Kier alpha value is -2.86. The van der Waals surface area contributed by atoms with Crippen molar-refractivity contribution in [1.82, 2.24) is 15.1 Å². The molecular formula is C24H26F2N4O2. The third kappa shape index (κ3) is 5.68. The normalized spacial score (nSPS) is 21.2. The van der Waals surface area contributed by atoms with Crippen LogP contribution < -0.4 is 5.32 Å². The van der Waals surface area contributed by atoms with Crippen LogP contribution in [0.2, 0.25) is 0 Å². The van der Waals surface area contributed by atoms with Gasteiger partial charge in [-0.1, -0.05) is 24.3 Å². The van der Waals surface area contributed by atoms with Gasteiger partial charge in [0.2, 0.25) is 5.91 Å². The van der Waals surface area contributed by atoms with Gasteiger partial charge in [0, 0.05) is 44.8 Å². The lowest BCUT2D eigenvalue weighted by Gasteiger charge is -2.45. The first-order valence-corrected chi connectivity index (χ1v) is 10.8. The number of rotatable bonds is 7. The average Bonchev–Trinajstić information content (AvgIpc) is 2.77. The van der Waals surface area contributed by atoms with Crippen molar-refractivity contribution in [2.45, 2.75) is 25.2 Å². The fourth-order valence-corrected chi connectivity index (χ4v) is 4.37. The molecule has 168 valence electrons. The van der Waals surface area contributed by atoms with Crippen LogP contribution in [0, 0.1) is 23.0 Å². The molecular weight excluding hydrogens is 414 g/mol. The average molecular weight is 440 g/mol. The molecule has 2 aliphatic heterocycles. The lowest BCUT2D eigenvalue weighted by molar-refractivity contribution is -0.144. The first-order valence-electron chi connectivity index (χ1n) is 10.8. The summed E-state index contributed by atoms with van der Waals surface area (Å²) in [5.41, 5.74) is 1.32. The fourth-order valence-electron chi connectivity index (χ4n) is 4.37. The molecule has 2 atom stereocenters. The molecule has 2 bridgehead atoms. The van der Waals surface area contributed by atoms with E-state index in [1.54, 1.807) is 6.07 Å². The van der Waals surface area contributed by atoms with E-state index in [-0.39, 0.29) is 42.6 Å². The van der Waals surface area contributed by atoms with E-state index in [1.807, 2.05) is 18.2 Å². The molecule has 2 heterocycles. The van der Waals surface area contributed by atoms with Crippen molar-refractivity contribution >= 4 is 5.91 Å². The van der Waals surface area contributed by atoms with E-state index in [4.69, 9.17) is 10.00 Å². The Morgan fingerprint density at radius 1 is 1.03 bits per heavy atom. The Bertz CT molecular complexity index is 996. The molecule has 1 amide bonds. The molecule has 2 aliphatic rings. The summed E-state index contributed by atoms with van der Waals surface area (Å²) in [6.07, 6.45) is 0.670. The van der Waals surface area contributed by atoms with Gasteiger partial charge >= 0.3 is 0 Å². The number of amides is 1. The predicted molar refractivity (Wildman–Crippen MR) is 115 cm³/mol. The molecule has 0 saturated carbocycles. The second-order valence-corrected chi connectivity index (χ2v) is 8.37. The zero-order chi connectivity index (χ0) is 22.5. The van der Waals surface area contributed by atoms with Gasteiger partial charge in [-0.25, -0.2) is 8.78 Å². The van der Waals surface area contributed by atoms with Gasteiger partial charge in [-0.2, -0.15) is 5.26 Å². The van der Waals surface area contributed by atoms with Crippen molar-refractivity contribution in [3.05, 3.63) is 70.8 Å². The molecule has 1 N–H and O–H groups in total. The highest BCUT2D eigenvalue weighted by molar-refractivity contribution is 5.78. The van der Waals surface area contributed by atoms with Crippen LogP contribution in [0.1, 0.15) is 16.7 Å². The molecule has 32 heavy (non-hydrogen) atoms. The van der Waals surface area contributed by atoms with Crippen LogP contribution in [-0.2, 0) is 22.5 Å². The third-order valence-corrected chi connectivity index (χ3v) is 5.91. The number of hydrogen-bond donors (Lipinski definition) is 1. The smallest absolute Gasteiger partial charge is 0.234 e. The Kier molecular flexibility index (Phi) is 7.10. The summed E-state index contributed by atoms with van der Waals surface area (Å²) >= 11 is 0. The quantitative estimate of drug-likeness (QED) is 0.714. The van der Waals surface area contributed by atoms with E-state index >= 15 is 0 Å². The minimum atomic E-state index is -0.499. The van der Waals surface area contributed by atoms with Gasteiger partial charge in [-0.15, -0.1) is 0 Å². The molecule has 2 saturated heterocycles. The number of nitrogens with one attached hydrogen (secondary N) is 1. The van der Waals surface area contributed by atoms with Gasteiger partial charge in [-0.3, -0.25) is 14.6 Å². The monoisotopic (exact) mass is 440 g/mol. The molecule has 0 radical (unpaired) electrons. The van der Waals surface area contributed by atoms with Crippen molar-refractivity contribution in [1.29, 1.82) is 5.26 Å². The maximum Gasteiger partial charge on any atom is 0.234 e. The summed E-state index contributed by atoms with van der Waals surface area (Å²) < 4.78 is 33.9. The first kappa shape index (κ1) is 22.3. The summed E-state index contributed by atoms with van der Waals surface area (Å²) in [6, 6.07) is 13.0. The second kappa shape index (κ2) is 10.2. The summed E-state index contributed by atoms with van der Waals surface area (Å²) in [4.78, 5) is 16.7. The largest absolute Gasteiger partial charge is 0.370 e. The topological polar surface area (TPSA) is 68.6 Å². The number of morpholine rings is 2. The standard InChI is InChI=1S/C24H26F2N4O2/c25-22-4-2-1-3-18(22)7-8-29-12-20-14-30(15-21(13-29)32-20)16-24(31)28-11-19-6-5-17(10-27)9-23(19)26/h1-6,9,20-21H,7-8,11-16H2,(H,28,31)/t20-,21+. The van der Waals surface area contributed by atoms with Gasteiger partial charge in [0.25, 0.3) is 0 Å². The lowest BCUT2D eigenvalue weighted by Crippen LogP contribution is -2.60. The molecule has 8 heteroatoms. The fraction of sp³-hybridized carbons (Fsp3) is 0.417. The van der Waals surface area contributed by atoms with Gasteiger partial charge in [0.1, 0.15) is 11.6 Å². The Balaban J connectivity index is 1.22. The number of ether oxygens (including phenoxy) is 1. The van der Waals surface area contributed by atoms with E-state index in [9.17, 15) is 13.6 Å². The van der Waals surface area contributed by atoms with Crippen LogP contribution in [-0.4, -0.2) is 67.2 Å². The lowest BCUT2D eigenvalue weighted by atomic mass is 10.1. The van der Waals surface area contributed by atoms with Crippen LogP contribution >= 0.6 is 0 Å². The van der Waals surface area contributed by atoms with Crippen molar-refractivity contribution in [3.63, 3.8) is 0 Å². The van der Waals surface area contributed by atoms with Crippen LogP contribution in [0.15, 0.2) is 42.5 Å². The van der Waals surface area contributed by atoms with Crippen LogP contribution in [0.4, 0.5) is 8.78 Å². The van der Waals surface area contributed by atoms with E-state index in [2.05, 4.69) is 15.1 Å². The number of nitriles is 1. The molecule has 0 aliphatic carbocycles. The zero-order valence-corrected chi connectivity index (χ0v) is 17.8. The highest BCUT2D eigenvalue weighted by Crippen LogP contribution is 2.20. The van der Waals surface area contributed by atoms with Crippen molar-refractivity contribution < 1.29 is 18.3 Å². The summed E-state index contributed by atoms with van der Waals surface area (Å²) in [5, 5.41) is 11.6. The molecule has 0 unspecified atom stereocenters. The molecule has 2 fully saturated rings. The van der Waals surface area contributed by atoms with Crippen LogP contribution in [0.25, 0.3) is 0 Å². The number of carbonyl (C=O) groups excluding carboxylic acids is 1. The van der Waals surface area contributed by atoms with Gasteiger partial charge in [-0.05, 0) is 30.2 Å². The Morgan fingerprint density at radius 2 is 1.75 bits per heavy atom. The highest BCUT2D eigenvalue weighted by Gasteiger charge is 2.35. The van der Waals surface area contributed by atoms with E-state index in [0.717, 1.165) is 25.2 Å². The minimum absolute atomic E-state index is 0.00638. The maximum absolute atomic E-state index is 14.0. The maximum atomic E-state index is 14.0. The zero-order valence-electron chi connectivity index (χ0n) is 17.8. The third-order valence-electron chi connectivity index (χ3n) is 5.91. The van der Waals surface area contributed by atoms with E-state index in [0.29, 0.717) is 25.1 Å². The molecule has 4 rings (SSSR count). The van der Waals surface area contributed by atoms with Crippen molar-refractivity contribution in [2.24, 2.45) is 0 Å². The van der Waals surface area contributed by atoms with Crippen molar-refractivity contribution in [3.8, 4) is 6.07 Å². The summed E-state index contributed by atoms with van der Waals surface area (Å²) in [6.45, 7) is 3.87. The minimum Gasteiger partial charge on any atom is -0.370 e. The molecule has 2 aromatic rings. The number of halogens is 2. The highest BCUT2D eigenvalue weighted by atomic mass is 19.1. The molecule has 0 spiro atoms. The van der Waals surface area contributed by atoms with Crippen molar-refractivity contribution in [2.75, 3.05) is 39.3 Å². The molecule has 0 aromatic heterocycles. The van der Waals surface area contributed by atoms with Crippen LogP contribution in [0.3, 0.4) is 0 Å². The van der Waals surface area contributed by atoms with Gasteiger partial charge in [0.15, 0.2) is 0 Å². The van der Waals surface area contributed by atoms with E-state index < -0.39 is 5.82 Å². The summed E-state index contributed by atoms with van der Waals surface area (Å²) in [5.74, 6) is -0.843. The Morgan fingerprint density at radius 3 is 2.44 bits per heavy atom. The van der Waals surface area contributed by atoms with Gasteiger partial charge in [0.05, 0.1) is 30.4 Å². The number of nitrogens with zero attached hydrogens (tertiary/aromatic N) is 3. The second-order valence-electron chi connectivity index (χ2n) is 8.37. The van der Waals surface area contributed by atoms with Gasteiger partial charge < -0.3 is 10.1 Å². The number of hydrogen-bond acceptors (Lipinski definition) is 5.